The van der Waals surface area contributed by atoms with Gasteiger partial charge in [0.05, 0.1) is 43.9 Å². The first-order chi connectivity index (χ1) is 22.9. The normalized spacial score (nSPS) is 23.5. The highest BCUT2D eigenvalue weighted by molar-refractivity contribution is 7.91. The molecule has 3 heterocycles. The van der Waals surface area contributed by atoms with Gasteiger partial charge in [0.25, 0.3) is 11.8 Å². The Bertz CT molecular complexity index is 1890. The van der Waals surface area contributed by atoms with Crippen LogP contribution in [0.3, 0.4) is 0 Å². The minimum atomic E-state index is -3.88. The maximum Gasteiger partial charge on any atom is 0.270 e. The average Bonchev–Trinajstić information content (AvgIpc) is 3.96. The summed E-state index contributed by atoms with van der Waals surface area (Å²) >= 11 is 7.20. The first kappa shape index (κ1) is 36.1. The number of benzene rings is 1. The second-order valence-corrected chi connectivity index (χ2v) is 14.9. The lowest BCUT2D eigenvalue weighted by Gasteiger charge is -2.28. The zero-order chi connectivity index (χ0) is 34.4. The molecule has 1 unspecified atom stereocenters. The molecule has 1 saturated heterocycles. The molecule has 3 aromatic rings. The van der Waals surface area contributed by atoms with Gasteiger partial charge in [-0.2, -0.15) is 4.37 Å². The van der Waals surface area contributed by atoms with E-state index in [1.165, 1.54) is 31.4 Å². The first-order valence-corrected chi connectivity index (χ1v) is 17.8. The molecule has 0 radical (unpaired) electrons. The highest BCUT2D eigenvalue weighted by Crippen LogP contribution is 2.45. The Morgan fingerprint density at radius 3 is 2.57 bits per heavy atom. The van der Waals surface area contributed by atoms with Crippen molar-refractivity contribution in [2.24, 2.45) is 5.92 Å². The lowest BCUT2D eigenvalue weighted by atomic mass is 10.1. The molecule has 15 nitrogen and oxygen atoms in total. The quantitative estimate of drug-likeness (QED) is 0.218. The number of amides is 3. The predicted octanol–water partition coefficient (Wildman–Crippen LogP) is 2.91. The van der Waals surface area contributed by atoms with Gasteiger partial charge in [0.2, 0.25) is 33.5 Å². The van der Waals surface area contributed by atoms with Crippen molar-refractivity contribution in [1.82, 2.24) is 28.7 Å². The summed E-state index contributed by atoms with van der Waals surface area (Å²) < 4.78 is 52.5. The Labute approximate surface area is 293 Å². The molecule has 0 bridgehead atoms. The van der Waals surface area contributed by atoms with E-state index in [-0.39, 0.29) is 44.4 Å². The number of pyridine rings is 1. The van der Waals surface area contributed by atoms with E-state index in [0.29, 0.717) is 34.4 Å². The number of sulfonamides is 1. The zero-order valence-electron chi connectivity index (χ0n) is 26.3. The van der Waals surface area contributed by atoms with Crippen LogP contribution in [0.15, 0.2) is 37.1 Å². The van der Waals surface area contributed by atoms with Crippen molar-refractivity contribution in [2.75, 3.05) is 26.1 Å². The van der Waals surface area contributed by atoms with E-state index in [0.717, 1.165) is 11.7 Å². The molecule has 2 aliphatic carbocycles. The molecule has 2 saturated carbocycles. The largest absolute Gasteiger partial charge is 0.494 e. The van der Waals surface area contributed by atoms with Gasteiger partial charge in [0, 0.05) is 28.1 Å². The molecule has 264 valence electrons. The number of methoxy groups -OCH3 is 2. The summed E-state index contributed by atoms with van der Waals surface area (Å²) in [6.07, 6.45) is 3.43. The fourth-order valence-corrected chi connectivity index (χ4v) is 7.92. The molecule has 1 aromatic carbocycles. The number of carbonyl (C=O) groups is 3. The van der Waals surface area contributed by atoms with Crippen molar-refractivity contribution in [1.29, 1.82) is 0 Å². The van der Waals surface area contributed by atoms with Crippen molar-refractivity contribution in [2.45, 2.75) is 69.0 Å². The monoisotopic (exact) mass is 735 g/mol. The number of ether oxygens (including phenoxy) is 3. The van der Waals surface area contributed by atoms with Gasteiger partial charge < -0.3 is 29.7 Å². The summed E-state index contributed by atoms with van der Waals surface area (Å²) in [5.41, 5.74) is -1.53. The molecule has 18 heteroatoms. The van der Waals surface area contributed by atoms with Gasteiger partial charge in [0.15, 0.2) is 0 Å². The van der Waals surface area contributed by atoms with Crippen LogP contribution >= 0.6 is 23.3 Å². The Hall–Kier alpha value is -4.22. The number of nitrogens with zero attached hydrogens (tertiary/aromatic N) is 4. The fourth-order valence-electron chi connectivity index (χ4n) is 5.89. The Morgan fingerprint density at radius 1 is 1.16 bits per heavy atom. The van der Waals surface area contributed by atoms with Crippen LogP contribution in [-0.2, 0) is 24.4 Å². The van der Waals surface area contributed by atoms with Crippen molar-refractivity contribution < 1.29 is 37.0 Å². The van der Waals surface area contributed by atoms with Gasteiger partial charge >= 0.3 is 0 Å². The number of fused-ring (bicyclic) bond motifs is 1. The number of halogens is 1. The maximum atomic E-state index is 14.0. The molecule has 1 aliphatic heterocycles. The molecular weight excluding hydrogens is 698 g/mol. The second-order valence-electron chi connectivity index (χ2n) is 12.0. The van der Waals surface area contributed by atoms with E-state index < -0.39 is 62.6 Å². The average molecular weight is 736 g/mol. The lowest BCUT2D eigenvalue weighted by Crippen LogP contribution is -2.57. The van der Waals surface area contributed by atoms with Gasteiger partial charge in [-0.3, -0.25) is 19.1 Å². The van der Waals surface area contributed by atoms with E-state index in [4.69, 9.17) is 25.8 Å². The molecular formula is C31H38ClN7O8S2. The van der Waals surface area contributed by atoms with Crippen molar-refractivity contribution in [3.05, 3.63) is 42.1 Å². The molecule has 3 fully saturated rings. The van der Waals surface area contributed by atoms with Crippen LogP contribution < -0.4 is 29.6 Å². The van der Waals surface area contributed by atoms with Crippen LogP contribution in [0, 0.1) is 5.92 Å². The van der Waals surface area contributed by atoms with Crippen molar-refractivity contribution in [3.63, 3.8) is 0 Å². The minimum Gasteiger partial charge on any atom is -0.494 e. The number of nitrogens with one attached hydrogen (secondary N) is 3. The number of aromatic nitrogens is 3. The number of anilines is 1. The molecule has 6 rings (SSSR count). The van der Waals surface area contributed by atoms with Crippen LogP contribution in [0.4, 0.5) is 5.82 Å². The van der Waals surface area contributed by atoms with E-state index in [1.807, 2.05) is 0 Å². The lowest BCUT2D eigenvalue weighted by molar-refractivity contribution is -0.140. The van der Waals surface area contributed by atoms with Gasteiger partial charge in [-0.25, -0.2) is 13.4 Å². The highest BCUT2D eigenvalue weighted by Gasteiger charge is 2.62. The van der Waals surface area contributed by atoms with Gasteiger partial charge in [-0.1, -0.05) is 25.1 Å². The van der Waals surface area contributed by atoms with Crippen LogP contribution in [-0.4, -0.2) is 94.5 Å². The summed E-state index contributed by atoms with van der Waals surface area (Å²) in [5, 5.41) is 6.85. The predicted molar refractivity (Wildman–Crippen MR) is 183 cm³/mol. The van der Waals surface area contributed by atoms with Gasteiger partial charge in [0.1, 0.15) is 29.5 Å². The molecule has 49 heavy (non-hydrogen) atoms. The summed E-state index contributed by atoms with van der Waals surface area (Å²) in [6.45, 7) is 5.35. The molecule has 3 amide bonds. The summed E-state index contributed by atoms with van der Waals surface area (Å²) in [5.74, 6) is -1.22. The zero-order valence-corrected chi connectivity index (χ0v) is 28.7. The third kappa shape index (κ3) is 7.10. The number of hydrogen-bond acceptors (Lipinski definition) is 13. The number of likely N-dealkylation sites (tertiary alicyclic amines) is 1. The minimum absolute atomic E-state index is 0. The highest BCUT2D eigenvalue weighted by atomic mass is 35.5. The van der Waals surface area contributed by atoms with Crippen LogP contribution in [0.2, 0.25) is 5.02 Å². The van der Waals surface area contributed by atoms with Crippen LogP contribution in [0.5, 0.6) is 17.5 Å². The summed E-state index contributed by atoms with van der Waals surface area (Å²) in [7, 11) is -0.926. The Morgan fingerprint density at radius 2 is 1.92 bits per heavy atom. The van der Waals surface area contributed by atoms with Gasteiger partial charge in [-0.05, 0) is 44.4 Å². The smallest absolute Gasteiger partial charge is 0.270 e. The van der Waals surface area contributed by atoms with Crippen LogP contribution in [0.25, 0.3) is 10.8 Å². The van der Waals surface area contributed by atoms with Crippen LogP contribution in [0.1, 0.15) is 40.0 Å². The number of carbonyl (C=O) groups excluding carboxylic acids is 3. The van der Waals surface area contributed by atoms with Gasteiger partial charge in [-0.15, -0.1) is 11.0 Å². The molecule has 3 N–H and O–H groups in total. The maximum absolute atomic E-state index is 14.0. The van der Waals surface area contributed by atoms with E-state index in [9.17, 15) is 22.8 Å². The van der Waals surface area contributed by atoms with Crippen molar-refractivity contribution >= 4 is 67.7 Å². The molecule has 3 aliphatic rings. The number of hydrogen-bond donors (Lipinski definition) is 3. The molecule has 0 spiro atoms. The van der Waals surface area contributed by atoms with Crippen molar-refractivity contribution in [3.8, 4) is 17.5 Å². The third-order valence-corrected chi connectivity index (χ3v) is 11.3. The standard InChI is InChI=1S/C30H34ClN7O8S2.CH4/c1-5-16-12-30(16,29(41)37-48(42,43)19-7-8-19)34-25(39)22-11-18(14-38(22)28(40)15(2)33-24-27(45-4)36-47-35-24)46-26-21-10-17(31)6-9-20(21)23(44-3)13-32-26;/h5-6,9-10,13,15-16,18-19,22H,1,7-8,11-12,14H2,2-4H3,(H,33,35)(H,34,39)(H,37,41);1H4/t15?,16-,18-,22+,30-;/m1./s1. The SMILES string of the molecule is C.C=C[C@@H]1C[C@]1(NC(=O)[C@@H]1C[C@@H](Oc2ncc(OC)c3ccc(Cl)cc23)CN1C(=O)C(C)Nc1nsnc1OC)C(=O)NS(=O)(=O)C1CC1. The Kier molecular flexibility index (Phi) is 10.3. The molecule has 5 atom stereocenters. The topological polar surface area (TPSA) is 191 Å². The number of rotatable bonds is 13. The summed E-state index contributed by atoms with van der Waals surface area (Å²) in [6, 6.07) is 3.21. The van der Waals surface area contributed by atoms with E-state index >= 15 is 0 Å². The fraction of sp³-hybridized carbons (Fsp3) is 0.484. The Balaban J connectivity index is 0.00000468. The molecule has 2 aromatic heterocycles. The summed E-state index contributed by atoms with van der Waals surface area (Å²) in [4.78, 5) is 47.1. The van der Waals surface area contributed by atoms with E-state index in [1.54, 1.807) is 25.1 Å². The van der Waals surface area contributed by atoms with E-state index in [2.05, 4.69) is 35.7 Å². The third-order valence-electron chi connectivity index (χ3n) is 8.75. The second kappa shape index (κ2) is 14.0. The first-order valence-electron chi connectivity index (χ1n) is 15.1.